The summed E-state index contributed by atoms with van der Waals surface area (Å²) in [5.41, 5.74) is 7.04. The zero-order valence-corrected chi connectivity index (χ0v) is 10.4. The molecule has 0 aromatic heterocycles. The fourth-order valence-corrected chi connectivity index (χ4v) is 2.16. The van der Waals surface area contributed by atoms with Gasteiger partial charge in [0.25, 0.3) is 0 Å². The SMILES string of the molecule is CCc1cccc(NS(=O)(=O)C(C)CN)c1. The van der Waals surface area contributed by atoms with Crippen molar-refractivity contribution in [2.75, 3.05) is 11.3 Å². The number of hydrogen-bond acceptors (Lipinski definition) is 3. The lowest BCUT2D eigenvalue weighted by molar-refractivity contribution is 0.589. The first-order valence-corrected chi connectivity index (χ1v) is 6.85. The molecule has 5 heteroatoms. The number of benzene rings is 1. The molecule has 0 heterocycles. The van der Waals surface area contributed by atoms with E-state index >= 15 is 0 Å². The summed E-state index contributed by atoms with van der Waals surface area (Å²) in [5.74, 6) is 0. The van der Waals surface area contributed by atoms with Gasteiger partial charge >= 0.3 is 0 Å². The average molecular weight is 242 g/mol. The Labute approximate surface area is 96.9 Å². The molecule has 0 saturated carbocycles. The quantitative estimate of drug-likeness (QED) is 0.818. The third kappa shape index (κ3) is 3.21. The maximum Gasteiger partial charge on any atom is 0.236 e. The summed E-state index contributed by atoms with van der Waals surface area (Å²) in [4.78, 5) is 0. The monoisotopic (exact) mass is 242 g/mol. The summed E-state index contributed by atoms with van der Waals surface area (Å²) in [6.07, 6.45) is 0.877. The minimum absolute atomic E-state index is 0.114. The second-order valence-electron chi connectivity index (χ2n) is 3.75. The van der Waals surface area contributed by atoms with Crippen molar-refractivity contribution in [3.8, 4) is 0 Å². The van der Waals surface area contributed by atoms with Gasteiger partial charge in [0.15, 0.2) is 0 Å². The van der Waals surface area contributed by atoms with E-state index in [0.29, 0.717) is 5.69 Å². The topological polar surface area (TPSA) is 72.2 Å². The molecular formula is C11H18N2O2S. The molecule has 0 spiro atoms. The third-order valence-electron chi connectivity index (χ3n) is 2.46. The number of rotatable bonds is 5. The standard InChI is InChI=1S/C11H18N2O2S/c1-3-10-5-4-6-11(7-10)13-16(14,15)9(2)8-12/h4-7,9,13H,3,8,12H2,1-2H3. The maximum atomic E-state index is 11.7. The number of hydrogen-bond donors (Lipinski definition) is 2. The number of sulfonamides is 1. The van der Waals surface area contributed by atoms with Crippen LogP contribution in [0.2, 0.25) is 0 Å². The molecule has 0 saturated heterocycles. The summed E-state index contributed by atoms with van der Waals surface area (Å²) < 4.78 is 26.0. The van der Waals surface area contributed by atoms with Gasteiger partial charge in [0.1, 0.15) is 0 Å². The molecule has 0 aliphatic carbocycles. The number of aryl methyl sites for hydroxylation is 1. The summed E-state index contributed by atoms with van der Waals surface area (Å²) in [7, 11) is -3.36. The Kier molecular flexibility index (Phi) is 4.32. The molecule has 0 radical (unpaired) electrons. The van der Waals surface area contributed by atoms with Crippen molar-refractivity contribution in [3.05, 3.63) is 29.8 Å². The molecule has 0 fully saturated rings. The van der Waals surface area contributed by atoms with E-state index in [1.807, 2.05) is 25.1 Å². The van der Waals surface area contributed by atoms with Gasteiger partial charge in [-0.2, -0.15) is 0 Å². The van der Waals surface area contributed by atoms with Crippen LogP contribution in [0.4, 0.5) is 5.69 Å². The maximum absolute atomic E-state index is 11.7. The highest BCUT2D eigenvalue weighted by atomic mass is 32.2. The highest BCUT2D eigenvalue weighted by Gasteiger charge is 2.18. The Morgan fingerprint density at radius 1 is 1.44 bits per heavy atom. The first kappa shape index (κ1) is 13.0. The van der Waals surface area contributed by atoms with E-state index in [0.717, 1.165) is 12.0 Å². The van der Waals surface area contributed by atoms with E-state index in [9.17, 15) is 8.42 Å². The summed E-state index contributed by atoms with van der Waals surface area (Å²) >= 11 is 0. The van der Waals surface area contributed by atoms with Gasteiger partial charge in [-0.15, -0.1) is 0 Å². The van der Waals surface area contributed by atoms with Crippen LogP contribution in [0.25, 0.3) is 0 Å². The third-order valence-corrected chi connectivity index (χ3v) is 4.23. The van der Waals surface area contributed by atoms with E-state index in [-0.39, 0.29) is 6.54 Å². The second kappa shape index (κ2) is 5.32. The highest BCUT2D eigenvalue weighted by Crippen LogP contribution is 2.14. The molecule has 1 rings (SSSR count). The summed E-state index contributed by atoms with van der Waals surface area (Å²) in [5, 5.41) is -0.585. The summed E-state index contributed by atoms with van der Waals surface area (Å²) in [6, 6.07) is 7.37. The van der Waals surface area contributed by atoms with Gasteiger partial charge in [-0.1, -0.05) is 19.1 Å². The van der Waals surface area contributed by atoms with E-state index in [4.69, 9.17) is 5.73 Å². The highest BCUT2D eigenvalue weighted by molar-refractivity contribution is 7.93. The van der Waals surface area contributed by atoms with E-state index in [1.165, 1.54) is 0 Å². The Morgan fingerprint density at radius 2 is 2.12 bits per heavy atom. The molecule has 1 atom stereocenters. The van der Waals surface area contributed by atoms with E-state index in [2.05, 4.69) is 4.72 Å². The smallest absolute Gasteiger partial charge is 0.236 e. The van der Waals surface area contributed by atoms with Crippen molar-refractivity contribution in [2.45, 2.75) is 25.5 Å². The normalized spacial score (nSPS) is 13.4. The van der Waals surface area contributed by atoms with Crippen LogP contribution < -0.4 is 10.5 Å². The van der Waals surface area contributed by atoms with Crippen LogP contribution in [0, 0.1) is 0 Å². The molecule has 1 aromatic carbocycles. The van der Waals surface area contributed by atoms with Gasteiger partial charge in [0.05, 0.1) is 5.25 Å². The van der Waals surface area contributed by atoms with Gasteiger partial charge in [0.2, 0.25) is 10.0 Å². The molecule has 0 bridgehead atoms. The van der Waals surface area contributed by atoms with Gasteiger partial charge in [-0.05, 0) is 31.0 Å². The first-order valence-electron chi connectivity index (χ1n) is 5.30. The molecule has 3 N–H and O–H groups in total. The number of nitrogens with two attached hydrogens (primary N) is 1. The Hall–Kier alpha value is -1.07. The largest absolute Gasteiger partial charge is 0.329 e. The van der Waals surface area contributed by atoms with Crippen LogP contribution in [-0.4, -0.2) is 20.2 Å². The Morgan fingerprint density at radius 3 is 2.69 bits per heavy atom. The van der Waals surface area contributed by atoms with E-state index in [1.54, 1.807) is 13.0 Å². The molecule has 0 amide bonds. The molecule has 16 heavy (non-hydrogen) atoms. The van der Waals surface area contributed by atoms with Crippen molar-refractivity contribution in [3.63, 3.8) is 0 Å². The minimum Gasteiger partial charge on any atom is -0.329 e. The minimum atomic E-state index is -3.36. The molecular weight excluding hydrogens is 224 g/mol. The summed E-state index contributed by atoms with van der Waals surface area (Å²) in [6.45, 7) is 3.73. The molecule has 0 aliphatic heterocycles. The lowest BCUT2D eigenvalue weighted by Crippen LogP contribution is -2.31. The zero-order valence-electron chi connectivity index (χ0n) is 9.60. The van der Waals surface area contributed by atoms with Crippen molar-refractivity contribution in [2.24, 2.45) is 5.73 Å². The predicted molar refractivity (Wildman–Crippen MR) is 66.9 cm³/mol. The van der Waals surface area contributed by atoms with Crippen LogP contribution in [0.5, 0.6) is 0 Å². The van der Waals surface area contributed by atoms with E-state index < -0.39 is 15.3 Å². The second-order valence-corrected chi connectivity index (χ2v) is 5.85. The Bertz CT molecular complexity index is 443. The molecule has 90 valence electrons. The fourth-order valence-electron chi connectivity index (χ4n) is 1.25. The first-order chi connectivity index (χ1) is 7.49. The molecule has 0 aliphatic rings. The van der Waals surface area contributed by atoms with Crippen LogP contribution in [0.15, 0.2) is 24.3 Å². The van der Waals surface area contributed by atoms with Crippen LogP contribution in [0.1, 0.15) is 19.4 Å². The van der Waals surface area contributed by atoms with Crippen molar-refractivity contribution in [1.29, 1.82) is 0 Å². The Balaban J connectivity index is 2.88. The lowest BCUT2D eigenvalue weighted by Gasteiger charge is -2.13. The number of anilines is 1. The predicted octanol–water partition coefficient (Wildman–Crippen LogP) is 1.34. The van der Waals surface area contributed by atoms with Crippen molar-refractivity contribution < 1.29 is 8.42 Å². The van der Waals surface area contributed by atoms with Crippen molar-refractivity contribution in [1.82, 2.24) is 0 Å². The fraction of sp³-hybridized carbons (Fsp3) is 0.455. The van der Waals surface area contributed by atoms with Gasteiger partial charge in [-0.25, -0.2) is 8.42 Å². The average Bonchev–Trinajstić information content (AvgIpc) is 2.27. The van der Waals surface area contributed by atoms with Gasteiger partial charge < -0.3 is 5.73 Å². The van der Waals surface area contributed by atoms with Crippen LogP contribution >= 0.6 is 0 Å². The zero-order chi connectivity index (χ0) is 12.2. The molecule has 1 unspecified atom stereocenters. The van der Waals surface area contributed by atoms with Crippen molar-refractivity contribution >= 4 is 15.7 Å². The van der Waals surface area contributed by atoms with Gasteiger partial charge in [-0.3, -0.25) is 4.72 Å². The van der Waals surface area contributed by atoms with Gasteiger partial charge in [0, 0.05) is 12.2 Å². The molecule has 1 aromatic rings. The van der Waals surface area contributed by atoms with Crippen LogP contribution in [0.3, 0.4) is 0 Å². The lowest BCUT2D eigenvalue weighted by atomic mass is 10.1. The molecule has 4 nitrogen and oxygen atoms in total. The number of nitrogens with one attached hydrogen (secondary N) is 1. The van der Waals surface area contributed by atoms with Crippen LogP contribution in [-0.2, 0) is 16.4 Å².